The van der Waals surface area contributed by atoms with Crippen molar-refractivity contribution in [3.05, 3.63) is 84.4 Å². The SMILES string of the molecule is CC(=O)Nc1ccc(N2CCN(C3(c4ccc(-c5ccccc5)cc4)C(=O)NC(=O)NC3=O)CC2)cc1. The minimum atomic E-state index is -1.66. The quantitative estimate of drug-likeness (QED) is 0.468. The Labute approximate surface area is 214 Å². The van der Waals surface area contributed by atoms with Gasteiger partial charge >= 0.3 is 6.03 Å². The maximum atomic E-state index is 13.4. The number of rotatable bonds is 5. The van der Waals surface area contributed by atoms with Crippen LogP contribution in [0.25, 0.3) is 11.1 Å². The van der Waals surface area contributed by atoms with Crippen molar-refractivity contribution in [2.24, 2.45) is 0 Å². The second kappa shape index (κ2) is 9.87. The molecule has 3 aromatic rings. The normalized spacial score (nSPS) is 17.6. The number of urea groups is 1. The molecule has 2 aliphatic rings. The maximum Gasteiger partial charge on any atom is 0.328 e. The van der Waals surface area contributed by atoms with Gasteiger partial charge in [0.05, 0.1) is 0 Å². The molecule has 2 saturated heterocycles. The van der Waals surface area contributed by atoms with Crippen LogP contribution in [-0.2, 0) is 19.9 Å². The summed E-state index contributed by atoms with van der Waals surface area (Å²) < 4.78 is 0. The highest BCUT2D eigenvalue weighted by Gasteiger charge is 2.56. The third kappa shape index (κ3) is 4.56. The zero-order valence-corrected chi connectivity index (χ0v) is 20.4. The first-order valence-corrected chi connectivity index (χ1v) is 12.1. The van der Waals surface area contributed by atoms with Gasteiger partial charge in [0.2, 0.25) is 11.4 Å². The first kappa shape index (κ1) is 24.2. The predicted octanol–water partition coefficient (Wildman–Crippen LogP) is 2.70. The summed E-state index contributed by atoms with van der Waals surface area (Å²) >= 11 is 0. The van der Waals surface area contributed by atoms with Gasteiger partial charge in [0, 0.05) is 44.5 Å². The predicted molar refractivity (Wildman–Crippen MR) is 140 cm³/mol. The number of nitrogens with zero attached hydrogens (tertiary/aromatic N) is 2. The Kier molecular flexibility index (Phi) is 6.45. The summed E-state index contributed by atoms with van der Waals surface area (Å²) in [5.74, 6) is -1.44. The second-order valence-corrected chi connectivity index (χ2v) is 9.09. The van der Waals surface area contributed by atoms with Crippen molar-refractivity contribution in [2.45, 2.75) is 12.5 Å². The fourth-order valence-electron chi connectivity index (χ4n) is 5.05. The Morgan fingerprint density at radius 1 is 0.757 bits per heavy atom. The molecule has 0 aliphatic carbocycles. The molecule has 3 aromatic carbocycles. The molecule has 188 valence electrons. The molecule has 2 aliphatic heterocycles. The molecule has 3 N–H and O–H groups in total. The highest BCUT2D eigenvalue weighted by atomic mass is 16.2. The Morgan fingerprint density at radius 2 is 1.32 bits per heavy atom. The largest absolute Gasteiger partial charge is 0.369 e. The fraction of sp³-hybridized carbons (Fsp3) is 0.214. The van der Waals surface area contributed by atoms with Crippen molar-refractivity contribution < 1.29 is 19.2 Å². The third-order valence-electron chi connectivity index (χ3n) is 6.83. The molecule has 0 unspecified atom stereocenters. The molecule has 9 heteroatoms. The van der Waals surface area contributed by atoms with Crippen LogP contribution in [0.15, 0.2) is 78.9 Å². The van der Waals surface area contributed by atoms with Gasteiger partial charge in [-0.25, -0.2) is 4.79 Å². The van der Waals surface area contributed by atoms with Gasteiger partial charge in [-0.3, -0.25) is 29.9 Å². The summed E-state index contributed by atoms with van der Waals surface area (Å²) in [7, 11) is 0. The van der Waals surface area contributed by atoms with Crippen LogP contribution in [0, 0.1) is 0 Å². The number of benzene rings is 3. The number of piperazine rings is 1. The van der Waals surface area contributed by atoms with E-state index in [1.165, 1.54) is 6.92 Å². The van der Waals surface area contributed by atoms with Crippen molar-refractivity contribution in [1.82, 2.24) is 15.5 Å². The number of amides is 5. The van der Waals surface area contributed by atoms with Gasteiger partial charge in [0.1, 0.15) is 0 Å². The minimum absolute atomic E-state index is 0.133. The van der Waals surface area contributed by atoms with Gasteiger partial charge in [-0.05, 0) is 41.0 Å². The molecule has 0 aromatic heterocycles. The van der Waals surface area contributed by atoms with Crippen molar-refractivity contribution >= 4 is 35.1 Å². The van der Waals surface area contributed by atoms with Crippen LogP contribution < -0.4 is 20.9 Å². The van der Waals surface area contributed by atoms with Gasteiger partial charge < -0.3 is 10.2 Å². The summed E-state index contributed by atoms with van der Waals surface area (Å²) in [5, 5.41) is 7.37. The van der Waals surface area contributed by atoms with Gasteiger partial charge in [-0.15, -0.1) is 0 Å². The standard InChI is InChI=1S/C28H27N5O4/c1-19(34)29-23-11-13-24(14-12-23)32-15-17-33(18-16-32)28(25(35)30-27(37)31-26(28)36)22-9-7-21(8-10-22)20-5-3-2-4-6-20/h2-14H,15-18H2,1H3,(H,29,34)(H2,30,31,35,36,37). The number of anilines is 2. The number of hydrogen-bond donors (Lipinski definition) is 3. The molecule has 0 atom stereocenters. The van der Waals surface area contributed by atoms with Gasteiger partial charge in [-0.1, -0.05) is 54.6 Å². The van der Waals surface area contributed by atoms with Crippen molar-refractivity contribution in [3.63, 3.8) is 0 Å². The lowest BCUT2D eigenvalue weighted by Gasteiger charge is -2.47. The van der Waals surface area contributed by atoms with E-state index in [0.29, 0.717) is 37.4 Å². The number of carbonyl (C=O) groups is 4. The second-order valence-electron chi connectivity index (χ2n) is 9.09. The summed E-state index contributed by atoms with van der Waals surface area (Å²) in [6, 6.07) is 23.9. The van der Waals surface area contributed by atoms with E-state index >= 15 is 0 Å². The number of nitrogens with one attached hydrogen (secondary N) is 3. The summed E-state index contributed by atoms with van der Waals surface area (Å²) in [4.78, 5) is 54.0. The van der Waals surface area contributed by atoms with Gasteiger partial charge in [0.15, 0.2) is 0 Å². The van der Waals surface area contributed by atoms with Crippen LogP contribution in [-0.4, -0.2) is 54.8 Å². The topological polar surface area (TPSA) is 111 Å². The Balaban J connectivity index is 1.41. The average Bonchev–Trinajstić information content (AvgIpc) is 2.90. The lowest BCUT2D eigenvalue weighted by molar-refractivity contribution is -0.149. The molecular formula is C28H27N5O4. The third-order valence-corrected chi connectivity index (χ3v) is 6.83. The molecule has 9 nitrogen and oxygen atoms in total. The molecule has 37 heavy (non-hydrogen) atoms. The zero-order chi connectivity index (χ0) is 26.0. The average molecular weight is 498 g/mol. The van der Waals surface area contributed by atoms with Crippen LogP contribution in [0.3, 0.4) is 0 Å². The maximum absolute atomic E-state index is 13.4. The van der Waals surface area contributed by atoms with Crippen LogP contribution in [0.1, 0.15) is 12.5 Å². The summed E-state index contributed by atoms with van der Waals surface area (Å²) in [6.45, 7) is 3.44. The highest BCUT2D eigenvalue weighted by Crippen LogP contribution is 2.34. The number of barbiturate groups is 1. The monoisotopic (exact) mass is 497 g/mol. The number of hydrogen-bond acceptors (Lipinski definition) is 6. The molecule has 2 fully saturated rings. The van der Waals surface area contributed by atoms with E-state index < -0.39 is 23.4 Å². The van der Waals surface area contributed by atoms with E-state index in [2.05, 4.69) is 20.9 Å². The summed E-state index contributed by atoms with van der Waals surface area (Å²) in [5.41, 5.74) is 2.51. The smallest absolute Gasteiger partial charge is 0.328 e. The van der Waals surface area contributed by atoms with Crippen molar-refractivity contribution in [1.29, 1.82) is 0 Å². The van der Waals surface area contributed by atoms with E-state index in [-0.39, 0.29) is 5.91 Å². The van der Waals surface area contributed by atoms with Gasteiger partial charge in [0.25, 0.3) is 11.8 Å². The highest BCUT2D eigenvalue weighted by molar-refractivity contribution is 6.22. The first-order chi connectivity index (χ1) is 17.9. The number of imide groups is 2. The lowest BCUT2D eigenvalue weighted by atomic mass is 9.83. The lowest BCUT2D eigenvalue weighted by Crippen LogP contribution is -2.73. The first-order valence-electron chi connectivity index (χ1n) is 12.1. The van der Waals surface area contributed by atoms with Crippen molar-refractivity contribution in [3.8, 4) is 11.1 Å². The van der Waals surface area contributed by atoms with Crippen LogP contribution in [0.5, 0.6) is 0 Å². The molecule has 2 heterocycles. The Bertz CT molecular complexity index is 1310. The van der Waals surface area contributed by atoms with E-state index in [0.717, 1.165) is 16.8 Å². The Hall–Kier alpha value is -4.50. The minimum Gasteiger partial charge on any atom is -0.369 e. The van der Waals surface area contributed by atoms with E-state index in [4.69, 9.17) is 0 Å². The van der Waals surface area contributed by atoms with Crippen LogP contribution >= 0.6 is 0 Å². The fourth-order valence-corrected chi connectivity index (χ4v) is 5.05. The molecule has 5 rings (SSSR count). The van der Waals surface area contributed by atoms with Crippen LogP contribution in [0.2, 0.25) is 0 Å². The van der Waals surface area contributed by atoms with Crippen LogP contribution in [0.4, 0.5) is 16.2 Å². The number of carbonyl (C=O) groups excluding carboxylic acids is 4. The molecule has 0 spiro atoms. The molecule has 5 amide bonds. The van der Waals surface area contributed by atoms with Gasteiger partial charge in [-0.2, -0.15) is 0 Å². The molecule has 0 saturated carbocycles. The zero-order valence-electron chi connectivity index (χ0n) is 20.4. The Morgan fingerprint density at radius 3 is 1.89 bits per heavy atom. The summed E-state index contributed by atoms with van der Waals surface area (Å²) in [6.07, 6.45) is 0. The molecule has 0 radical (unpaired) electrons. The van der Waals surface area contributed by atoms with E-state index in [1.807, 2.05) is 71.6 Å². The molecule has 0 bridgehead atoms. The molecular weight excluding hydrogens is 470 g/mol. The van der Waals surface area contributed by atoms with Crippen molar-refractivity contribution in [2.75, 3.05) is 36.4 Å². The van der Waals surface area contributed by atoms with E-state index in [9.17, 15) is 19.2 Å². The van der Waals surface area contributed by atoms with E-state index in [1.54, 1.807) is 12.1 Å².